The predicted octanol–water partition coefficient (Wildman–Crippen LogP) is 2.63. The fourth-order valence-electron chi connectivity index (χ4n) is 3.40. The number of hydrogen-bond acceptors (Lipinski definition) is 3. The summed E-state index contributed by atoms with van der Waals surface area (Å²) in [6, 6.07) is 1.42. The molecule has 1 amide bonds. The molecule has 0 aromatic carbocycles. The van der Waals surface area contributed by atoms with Gasteiger partial charge >= 0.3 is 5.97 Å². The normalized spacial score (nSPS) is 26.1. The van der Waals surface area contributed by atoms with Crippen molar-refractivity contribution in [1.82, 2.24) is 4.90 Å². The van der Waals surface area contributed by atoms with Gasteiger partial charge in [0.05, 0.1) is 5.92 Å². The number of amides is 1. The molecule has 1 aromatic rings. The lowest BCUT2D eigenvalue weighted by molar-refractivity contribution is -0.152. The summed E-state index contributed by atoms with van der Waals surface area (Å²) in [5.74, 6) is -0.958. The lowest BCUT2D eigenvalue weighted by Gasteiger charge is -2.36. The van der Waals surface area contributed by atoms with Crippen LogP contribution < -0.4 is 0 Å². The number of aryl methyl sites for hydroxylation is 1. The summed E-state index contributed by atoms with van der Waals surface area (Å²) in [4.78, 5) is 27.1. The highest BCUT2D eigenvalue weighted by atomic mass is 32.1. The first kappa shape index (κ1) is 13.6. The largest absolute Gasteiger partial charge is 0.480 e. The molecule has 2 heterocycles. The second-order valence-corrected chi connectivity index (χ2v) is 6.63. The van der Waals surface area contributed by atoms with Gasteiger partial charge in [-0.15, -0.1) is 11.3 Å². The van der Waals surface area contributed by atoms with Crippen LogP contribution in [-0.2, 0) is 16.0 Å². The van der Waals surface area contributed by atoms with Gasteiger partial charge in [0.2, 0.25) is 5.91 Å². The number of hydrogen-bond donors (Lipinski definition) is 1. The van der Waals surface area contributed by atoms with E-state index in [4.69, 9.17) is 0 Å². The molecule has 1 saturated heterocycles. The van der Waals surface area contributed by atoms with Crippen LogP contribution >= 0.6 is 11.3 Å². The minimum Gasteiger partial charge on any atom is -0.480 e. The van der Waals surface area contributed by atoms with E-state index < -0.39 is 12.0 Å². The topological polar surface area (TPSA) is 57.6 Å². The summed E-state index contributed by atoms with van der Waals surface area (Å²) in [6.07, 6.45) is 5.33. The van der Waals surface area contributed by atoms with Gasteiger partial charge in [-0.3, -0.25) is 4.79 Å². The Balaban J connectivity index is 1.84. The van der Waals surface area contributed by atoms with Crippen molar-refractivity contribution in [3.05, 3.63) is 21.9 Å². The minimum atomic E-state index is -0.862. The Kier molecular flexibility index (Phi) is 3.78. The number of rotatable bonds is 2. The molecule has 2 atom stereocenters. The Morgan fingerprint density at radius 3 is 2.90 bits per heavy atom. The highest BCUT2D eigenvalue weighted by Crippen LogP contribution is 2.37. The fraction of sp³-hybridized carbons (Fsp3) is 0.600. The molecule has 5 heteroatoms. The third-order valence-electron chi connectivity index (χ3n) is 4.42. The SMILES string of the molecule is O=C(O)[C@H]1CCCCN1C(=O)C1CCCc2sccc21. The number of aliphatic carboxylic acids is 1. The molecule has 0 radical (unpaired) electrons. The van der Waals surface area contributed by atoms with Gasteiger partial charge in [-0.2, -0.15) is 0 Å². The summed E-state index contributed by atoms with van der Waals surface area (Å²) in [6.45, 7) is 0.589. The van der Waals surface area contributed by atoms with E-state index in [1.165, 1.54) is 4.88 Å². The lowest BCUT2D eigenvalue weighted by Crippen LogP contribution is -2.49. The van der Waals surface area contributed by atoms with Crippen molar-refractivity contribution in [2.75, 3.05) is 6.54 Å². The van der Waals surface area contributed by atoms with Crippen molar-refractivity contribution in [2.45, 2.75) is 50.5 Å². The standard InChI is InChI=1S/C15H19NO3S/c17-14(16-8-2-1-5-12(16)15(18)19)11-4-3-6-13-10(11)7-9-20-13/h7,9,11-12H,1-6,8H2,(H,18,19)/t11?,12-/m1/s1. The van der Waals surface area contributed by atoms with Gasteiger partial charge in [0.25, 0.3) is 0 Å². The summed E-state index contributed by atoms with van der Waals surface area (Å²) in [5.41, 5.74) is 1.14. The number of piperidine rings is 1. The zero-order valence-corrected chi connectivity index (χ0v) is 12.2. The first-order valence-electron chi connectivity index (χ1n) is 7.28. The molecule has 1 aromatic heterocycles. The van der Waals surface area contributed by atoms with Crippen LogP contribution in [0.4, 0.5) is 0 Å². The number of fused-ring (bicyclic) bond motifs is 1. The van der Waals surface area contributed by atoms with Crippen molar-refractivity contribution in [2.24, 2.45) is 0 Å². The number of carboxylic acid groups (broad SMARTS) is 1. The Morgan fingerprint density at radius 1 is 1.25 bits per heavy atom. The molecular weight excluding hydrogens is 274 g/mol. The van der Waals surface area contributed by atoms with Crippen LogP contribution in [-0.4, -0.2) is 34.5 Å². The third-order valence-corrected chi connectivity index (χ3v) is 5.42. The number of carbonyl (C=O) groups is 2. The smallest absolute Gasteiger partial charge is 0.326 e. The zero-order valence-electron chi connectivity index (χ0n) is 11.4. The molecule has 108 valence electrons. The van der Waals surface area contributed by atoms with Crippen molar-refractivity contribution >= 4 is 23.2 Å². The van der Waals surface area contributed by atoms with E-state index in [0.717, 1.165) is 37.7 Å². The van der Waals surface area contributed by atoms with Gasteiger partial charge in [0.1, 0.15) is 6.04 Å². The summed E-state index contributed by atoms with van der Waals surface area (Å²) >= 11 is 1.71. The molecule has 1 unspecified atom stereocenters. The molecule has 0 spiro atoms. The van der Waals surface area contributed by atoms with Crippen LogP contribution in [0.3, 0.4) is 0 Å². The quantitative estimate of drug-likeness (QED) is 0.912. The fourth-order valence-corrected chi connectivity index (χ4v) is 4.38. The lowest BCUT2D eigenvalue weighted by atomic mass is 9.85. The molecule has 1 fully saturated rings. The van der Waals surface area contributed by atoms with Gasteiger partial charge < -0.3 is 10.0 Å². The van der Waals surface area contributed by atoms with E-state index in [2.05, 4.69) is 0 Å². The number of likely N-dealkylation sites (tertiary alicyclic amines) is 1. The number of nitrogens with zero attached hydrogens (tertiary/aromatic N) is 1. The minimum absolute atomic E-state index is 0.0245. The first-order valence-corrected chi connectivity index (χ1v) is 8.16. The van der Waals surface area contributed by atoms with Crippen LogP contribution in [0.1, 0.15) is 48.5 Å². The van der Waals surface area contributed by atoms with Crippen molar-refractivity contribution in [3.63, 3.8) is 0 Å². The van der Waals surface area contributed by atoms with Crippen LogP contribution in [0.15, 0.2) is 11.4 Å². The Morgan fingerprint density at radius 2 is 2.10 bits per heavy atom. The second-order valence-electron chi connectivity index (χ2n) is 5.63. The van der Waals surface area contributed by atoms with Crippen molar-refractivity contribution in [1.29, 1.82) is 0 Å². The van der Waals surface area contributed by atoms with Gasteiger partial charge in [-0.05, 0) is 55.5 Å². The first-order chi connectivity index (χ1) is 9.68. The van der Waals surface area contributed by atoms with Gasteiger partial charge in [0.15, 0.2) is 0 Å². The summed E-state index contributed by atoms with van der Waals surface area (Å²) in [5, 5.41) is 11.4. The van der Waals surface area contributed by atoms with Crippen molar-refractivity contribution in [3.8, 4) is 0 Å². The monoisotopic (exact) mass is 293 g/mol. The van der Waals surface area contributed by atoms with Gasteiger partial charge in [-0.25, -0.2) is 4.79 Å². The highest BCUT2D eigenvalue weighted by molar-refractivity contribution is 7.10. The Hall–Kier alpha value is -1.36. The van der Waals surface area contributed by atoms with Crippen molar-refractivity contribution < 1.29 is 14.7 Å². The number of thiophene rings is 1. The average molecular weight is 293 g/mol. The summed E-state index contributed by atoms with van der Waals surface area (Å²) < 4.78 is 0. The maximum Gasteiger partial charge on any atom is 0.326 e. The van der Waals surface area contributed by atoms with E-state index in [1.54, 1.807) is 16.2 Å². The zero-order chi connectivity index (χ0) is 14.1. The van der Waals surface area contributed by atoms with Crippen LogP contribution in [0.2, 0.25) is 0 Å². The van der Waals surface area contributed by atoms with Crippen LogP contribution in [0.5, 0.6) is 0 Å². The third kappa shape index (κ3) is 2.35. The molecule has 1 N–H and O–H groups in total. The summed E-state index contributed by atoms with van der Waals surface area (Å²) in [7, 11) is 0. The Bertz CT molecular complexity index is 525. The molecule has 0 saturated carbocycles. The van der Waals surface area contributed by atoms with Gasteiger partial charge in [0, 0.05) is 11.4 Å². The van der Waals surface area contributed by atoms with Crippen LogP contribution in [0.25, 0.3) is 0 Å². The maximum atomic E-state index is 12.8. The van der Waals surface area contributed by atoms with E-state index >= 15 is 0 Å². The second kappa shape index (κ2) is 5.56. The molecule has 1 aliphatic heterocycles. The average Bonchev–Trinajstić information content (AvgIpc) is 2.94. The molecule has 2 aliphatic rings. The predicted molar refractivity (Wildman–Crippen MR) is 77.0 cm³/mol. The number of carbonyl (C=O) groups excluding carboxylic acids is 1. The van der Waals surface area contributed by atoms with Crippen LogP contribution in [0, 0.1) is 0 Å². The Labute approximate surface area is 122 Å². The molecular formula is C15H19NO3S. The highest BCUT2D eigenvalue weighted by Gasteiger charge is 2.37. The molecule has 1 aliphatic carbocycles. The molecule has 20 heavy (non-hydrogen) atoms. The maximum absolute atomic E-state index is 12.8. The van der Waals surface area contributed by atoms with E-state index in [-0.39, 0.29) is 11.8 Å². The number of carboxylic acids is 1. The van der Waals surface area contributed by atoms with E-state index in [9.17, 15) is 14.7 Å². The van der Waals surface area contributed by atoms with E-state index in [0.29, 0.717) is 13.0 Å². The molecule has 3 rings (SSSR count). The van der Waals surface area contributed by atoms with E-state index in [1.807, 2.05) is 11.4 Å². The van der Waals surface area contributed by atoms with Gasteiger partial charge in [-0.1, -0.05) is 0 Å². The molecule has 0 bridgehead atoms. The molecule has 4 nitrogen and oxygen atoms in total.